The lowest BCUT2D eigenvalue weighted by molar-refractivity contribution is 0.0177. The molecule has 0 atom stereocenters. The molecule has 85 heavy (non-hydrogen) atoms. The van der Waals surface area contributed by atoms with Gasteiger partial charge in [0.15, 0.2) is 89.0 Å². The van der Waals surface area contributed by atoms with Crippen molar-refractivity contribution in [1.82, 2.24) is 73.7 Å². The number of nitrogens with one attached hydrogen (secondary N) is 1. The van der Waals surface area contributed by atoms with Gasteiger partial charge in [-0.3, -0.25) is 13.7 Å². The average Bonchev–Trinajstić information content (AvgIpc) is 3.19. The van der Waals surface area contributed by atoms with E-state index in [-0.39, 0.29) is 37.9 Å². The summed E-state index contributed by atoms with van der Waals surface area (Å²) in [4.78, 5) is 69.6. The van der Waals surface area contributed by atoms with E-state index >= 15 is 0 Å². The van der Waals surface area contributed by atoms with Gasteiger partial charge in [-0.1, -0.05) is 23.5 Å². The van der Waals surface area contributed by atoms with Crippen molar-refractivity contribution in [1.29, 1.82) is 0 Å². The number of imidazole rings is 3. The number of piperidine rings is 3. The summed E-state index contributed by atoms with van der Waals surface area (Å²) in [6, 6.07) is 8.33. The predicted octanol–water partition coefficient (Wildman–Crippen LogP) is 10.3. The molecule has 2 aromatic carbocycles. The zero-order chi connectivity index (χ0) is 59.9. The van der Waals surface area contributed by atoms with Gasteiger partial charge in [-0.2, -0.15) is 0 Å². The topological polar surface area (TPSA) is 317 Å². The minimum absolute atomic E-state index is 0.0910. The minimum Gasteiger partial charge on any atom is -0.454 e. The molecule has 0 spiro atoms. The predicted molar refractivity (Wildman–Crippen MR) is 329 cm³/mol. The van der Waals surface area contributed by atoms with Crippen molar-refractivity contribution in [3.63, 3.8) is 0 Å². The molecular weight excluding hydrogens is 1330 g/mol. The largest absolute Gasteiger partial charge is 0.454 e. The second-order valence-corrected chi connectivity index (χ2v) is 26.9. The van der Waals surface area contributed by atoms with Gasteiger partial charge in [0.05, 0.1) is 0 Å². The monoisotopic (exact) mass is 1390 g/mol. The number of ether oxygens (including phenoxy) is 6. The second-order valence-electron chi connectivity index (χ2n) is 22.4. The van der Waals surface area contributed by atoms with Crippen LogP contribution in [-0.4, -0.2) is 145 Å². The van der Waals surface area contributed by atoms with E-state index in [0.717, 1.165) is 97.8 Å². The van der Waals surface area contributed by atoms with Gasteiger partial charge < -0.3 is 60.7 Å². The molecule has 8 aromatic rings. The second kappa shape index (κ2) is 25.0. The number of fused-ring (bicyclic) bond motifs is 5. The Labute approximate surface area is 522 Å². The average molecular weight is 1400 g/mol. The van der Waals surface area contributed by atoms with Gasteiger partial charge in [0.2, 0.25) is 13.6 Å². The van der Waals surface area contributed by atoms with Crippen LogP contribution in [0.5, 0.6) is 23.0 Å². The maximum absolute atomic E-state index is 12.5. The Balaban J connectivity index is 0.000000135. The first kappa shape index (κ1) is 60.0. The molecule has 0 bridgehead atoms. The Morgan fingerprint density at radius 1 is 0.529 bits per heavy atom. The molecule has 3 saturated heterocycles. The van der Waals surface area contributed by atoms with E-state index in [1.54, 1.807) is 21.6 Å². The number of rotatable bonds is 7. The number of aromatic nitrogens is 12. The number of likely N-dealkylation sites (tertiary alicyclic amines) is 2. The van der Waals surface area contributed by atoms with Crippen LogP contribution in [-0.2, 0) is 9.47 Å². The maximum Gasteiger partial charge on any atom is 0.410 e. The Kier molecular flexibility index (Phi) is 17.6. The minimum atomic E-state index is -0.523. The molecule has 3 fully saturated rings. The summed E-state index contributed by atoms with van der Waals surface area (Å²) < 4.78 is 41.8. The summed E-state index contributed by atoms with van der Waals surface area (Å²) in [6.07, 6.45) is 8.97. The highest BCUT2D eigenvalue weighted by Crippen LogP contribution is 2.46. The van der Waals surface area contributed by atoms with Crippen LogP contribution in [0, 0.1) is 0 Å². The Bertz CT molecular complexity index is 3800. The normalized spacial score (nSPS) is 16.6. The number of carbonyl (C=O) groups excluding carboxylic acids is 2. The molecule has 0 unspecified atom stereocenters. The molecule has 0 saturated carbocycles. The van der Waals surface area contributed by atoms with Crippen molar-refractivity contribution in [3.05, 3.63) is 56.9 Å². The Morgan fingerprint density at radius 2 is 0.882 bits per heavy atom. The molecule has 5 aliphatic heterocycles. The fourth-order valence-corrected chi connectivity index (χ4v) is 14.1. The van der Waals surface area contributed by atoms with Crippen molar-refractivity contribution in [3.8, 4) is 23.0 Å². The van der Waals surface area contributed by atoms with Crippen LogP contribution in [0.15, 0.2) is 77.0 Å². The van der Waals surface area contributed by atoms with Crippen LogP contribution < -0.4 is 41.5 Å². The lowest BCUT2D eigenvalue weighted by Crippen LogP contribution is -2.42. The van der Waals surface area contributed by atoms with Crippen molar-refractivity contribution in [2.75, 3.05) is 70.1 Å². The molecule has 0 radical (unpaired) electrons. The number of nitrogens with zero attached hydrogens (tertiary/aromatic N) is 14. The number of benzene rings is 2. The van der Waals surface area contributed by atoms with Gasteiger partial charge in [-0.05, 0) is 165 Å². The third-order valence-corrected chi connectivity index (χ3v) is 18.8. The summed E-state index contributed by atoms with van der Waals surface area (Å²) in [7, 11) is 0. The highest BCUT2D eigenvalue weighted by atomic mass is 79.9. The van der Waals surface area contributed by atoms with Crippen LogP contribution in [0.3, 0.4) is 0 Å². The lowest BCUT2D eigenvalue weighted by Gasteiger charge is -2.34. The highest BCUT2D eigenvalue weighted by Gasteiger charge is 2.33. The van der Waals surface area contributed by atoms with E-state index in [1.165, 1.54) is 30.7 Å². The van der Waals surface area contributed by atoms with Crippen molar-refractivity contribution >= 4 is 134 Å². The van der Waals surface area contributed by atoms with Crippen LogP contribution in [0.1, 0.15) is 98.2 Å². The SMILES string of the molecule is CC(C)(C)OC(=O)N1CCC(n2c(Br)nc3c(N)ncnc32)CC1.CC(C)(C)OC(=O)N1CCC(n2c(Sc3cc4c(cc3Br)OCO4)nc3c(N)ncnc32)CC1.Nc1ncnc2c1nc(Sc1cc3c(cc1Br)OCO3)n2C1CCNCC1. The number of carbonyl (C=O) groups is 2. The van der Waals surface area contributed by atoms with E-state index in [1.807, 2.05) is 70.4 Å². The third kappa shape index (κ3) is 13.3. The molecule has 5 aliphatic rings. The first-order chi connectivity index (χ1) is 40.7. The van der Waals surface area contributed by atoms with Gasteiger partial charge in [-0.15, -0.1) is 0 Å². The van der Waals surface area contributed by atoms with Crippen LogP contribution >= 0.6 is 71.3 Å². The summed E-state index contributed by atoms with van der Waals surface area (Å²) in [5.41, 5.74) is 21.1. The fraction of sp³-hybridized carbons (Fsp3) is 0.463. The quantitative estimate of drug-likeness (QED) is 0.108. The zero-order valence-electron chi connectivity index (χ0n) is 47.4. The van der Waals surface area contributed by atoms with Gasteiger partial charge >= 0.3 is 12.2 Å². The molecular formula is C54H63Br3N18O8S2. The lowest BCUT2D eigenvalue weighted by atomic mass is 10.1. The van der Waals surface area contributed by atoms with Gasteiger partial charge in [0.1, 0.15) is 30.2 Å². The standard InChI is InChI=1S/C22H25BrN6O4S.C17H17BrN6O2S.C15H21BrN6O2/c1-22(2,3)33-21(30)28-6-4-12(5-7-28)29-19-17(18(24)25-10-26-19)27-20(29)34-16-9-15-14(8-13(16)23)31-11-32-15;18-10-5-11-12(26-8-25-11)6-13(10)27-17-23-14-15(19)21-7-22-16(14)24(17)9-1-3-20-4-2-9;1-15(2,3)24-14(23)21-6-4-9(5-7-21)22-12-10(20-13(22)16)11(17)18-8-19-12/h8-10,12H,4-7,11H2,1-3H3,(H2,24,25,26);5-7,9,20H,1-4,8H2,(H2,19,21,22);8-9H,4-7H2,1-3H3,(H2,17,18,19). The number of nitrogens with two attached hydrogens (primary N) is 3. The van der Waals surface area contributed by atoms with E-state index in [2.05, 4.69) is 97.1 Å². The van der Waals surface area contributed by atoms with E-state index in [0.29, 0.717) is 93.8 Å². The molecule has 26 nitrogen and oxygen atoms in total. The molecule has 6 aromatic heterocycles. The first-order valence-electron chi connectivity index (χ1n) is 27.5. The zero-order valence-corrected chi connectivity index (χ0v) is 53.8. The molecule has 11 heterocycles. The highest BCUT2D eigenvalue weighted by molar-refractivity contribution is 9.11. The number of anilines is 3. The van der Waals surface area contributed by atoms with Crippen molar-refractivity contribution in [2.45, 2.75) is 129 Å². The molecule has 0 aliphatic carbocycles. The summed E-state index contributed by atoms with van der Waals surface area (Å²) in [6.45, 7) is 16.1. The van der Waals surface area contributed by atoms with Crippen LogP contribution in [0.2, 0.25) is 0 Å². The molecule has 2 amide bonds. The Hall–Kier alpha value is -6.67. The van der Waals surface area contributed by atoms with Crippen LogP contribution in [0.25, 0.3) is 33.5 Å². The summed E-state index contributed by atoms with van der Waals surface area (Å²) >= 11 is 13.8. The molecule has 31 heteroatoms. The number of amides is 2. The molecule has 450 valence electrons. The fourth-order valence-electron chi connectivity index (χ4n) is 10.3. The van der Waals surface area contributed by atoms with Crippen LogP contribution in [0.4, 0.5) is 27.0 Å². The van der Waals surface area contributed by atoms with E-state index < -0.39 is 11.2 Å². The first-order valence-corrected chi connectivity index (χ1v) is 31.5. The smallest absolute Gasteiger partial charge is 0.410 e. The number of halogens is 3. The summed E-state index contributed by atoms with van der Waals surface area (Å²) in [5.74, 6) is 3.98. The third-order valence-electron chi connectivity index (χ3n) is 14.3. The van der Waals surface area contributed by atoms with Crippen molar-refractivity contribution in [2.24, 2.45) is 0 Å². The maximum atomic E-state index is 12.5. The van der Waals surface area contributed by atoms with Crippen molar-refractivity contribution < 1.29 is 38.0 Å². The number of nitrogen functional groups attached to an aromatic ring is 3. The molecule has 7 N–H and O–H groups in total. The number of hydrogen-bond acceptors (Lipinski definition) is 23. The Morgan fingerprint density at radius 3 is 1.28 bits per heavy atom. The number of hydrogen-bond donors (Lipinski definition) is 4. The van der Waals surface area contributed by atoms with Gasteiger partial charge in [-0.25, -0.2) is 54.4 Å². The molecule has 13 rings (SSSR count). The van der Waals surface area contributed by atoms with E-state index in [9.17, 15) is 9.59 Å². The van der Waals surface area contributed by atoms with Gasteiger partial charge in [0.25, 0.3) is 0 Å². The van der Waals surface area contributed by atoms with E-state index in [4.69, 9.17) is 55.6 Å². The van der Waals surface area contributed by atoms with Gasteiger partial charge in [0, 0.05) is 63.0 Å². The summed E-state index contributed by atoms with van der Waals surface area (Å²) in [5, 5.41) is 5.01.